The van der Waals surface area contributed by atoms with E-state index in [2.05, 4.69) is 0 Å². The molecule has 8 heteroatoms. The minimum Gasteiger partial charge on any atom is -0.491 e. The highest BCUT2D eigenvalue weighted by molar-refractivity contribution is 8.18. The van der Waals surface area contributed by atoms with Crippen LogP contribution in [0.3, 0.4) is 0 Å². The van der Waals surface area contributed by atoms with Crippen molar-refractivity contribution >= 4 is 45.4 Å². The number of nitrogens with zero attached hydrogens (tertiary/aromatic N) is 2. The summed E-state index contributed by atoms with van der Waals surface area (Å²) in [5, 5.41) is 12.4. The van der Waals surface area contributed by atoms with Gasteiger partial charge in [0.15, 0.2) is 0 Å². The quantitative estimate of drug-likeness (QED) is 0.321. The number of hydrogen-bond donors (Lipinski definition) is 0. The summed E-state index contributed by atoms with van der Waals surface area (Å²) in [6, 6.07) is 19.3. The minimum absolute atomic E-state index is 0.0363. The Hall–Kier alpha value is -3.65. The van der Waals surface area contributed by atoms with E-state index in [9.17, 15) is 19.7 Å². The molecule has 0 spiro atoms. The molecule has 3 aromatic rings. The highest BCUT2D eigenvalue weighted by Gasteiger charge is 2.34. The van der Waals surface area contributed by atoms with Gasteiger partial charge < -0.3 is 4.74 Å². The highest BCUT2D eigenvalue weighted by Crippen LogP contribution is 2.32. The van der Waals surface area contributed by atoms with E-state index in [1.54, 1.807) is 6.08 Å². The summed E-state index contributed by atoms with van der Waals surface area (Å²) >= 11 is 0.845. The van der Waals surface area contributed by atoms with Crippen molar-refractivity contribution < 1.29 is 19.2 Å². The number of rotatable bonds is 6. The van der Waals surface area contributed by atoms with Gasteiger partial charge in [-0.25, -0.2) is 0 Å². The minimum atomic E-state index is -0.492. The standard InChI is InChI=1S/C22H16N2O5S/c25-21-20(14-15-8-10-17(11-9-15)24(27)28)30-22(26)23(21)12-13-29-19-7-3-5-16-4-1-2-6-18(16)19/h1-11,14H,12-13H2/b20-14-. The van der Waals surface area contributed by atoms with Gasteiger partial charge >= 0.3 is 0 Å². The van der Waals surface area contributed by atoms with Crippen LogP contribution in [0.4, 0.5) is 10.5 Å². The number of ether oxygens (including phenoxy) is 1. The number of imide groups is 1. The van der Waals surface area contributed by atoms with Gasteiger partial charge in [-0.2, -0.15) is 0 Å². The molecule has 150 valence electrons. The molecule has 30 heavy (non-hydrogen) atoms. The zero-order chi connectivity index (χ0) is 21.1. The number of nitro groups is 1. The number of carbonyl (C=O) groups excluding carboxylic acids is 2. The van der Waals surface area contributed by atoms with Crippen LogP contribution in [0.25, 0.3) is 16.8 Å². The van der Waals surface area contributed by atoms with E-state index >= 15 is 0 Å². The fraction of sp³-hybridized carbons (Fsp3) is 0.0909. The SMILES string of the molecule is O=C1S/C(=C\c2ccc([N+](=O)[O-])cc2)C(=O)N1CCOc1cccc2ccccc12. The van der Waals surface area contributed by atoms with Gasteiger partial charge in [0.05, 0.1) is 16.4 Å². The third kappa shape index (κ3) is 4.04. The first-order chi connectivity index (χ1) is 14.5. The first kappa shape index (κ1) is 19.7. The van der Waals surface area contributed by atoms with Gasteiger partial charge in [-0.05, 0) is 47.0 Å². The van der Waals surface area contributed by atoms with Gasteiger partial charge in [0.2, 0.25) is 0 Å². The third-order valence-corrected chi connectivity index (χ3v) is 5.50. The maximum Gasteiger partial charge on any atom is 0.293 e. The second-order valence-corrected chi connectivity index (χ2v) is 7.50. The van der Waals surface area contributed by atoms with Crippen molar-refractivity contribution in [2.24, 2.45) is 0 Å². The van der Waals surface area contributed by atoms with Gasteiger partial charge in [0, 0.05) is 17.5 Å². The molecular formula is C22H16N2O5S. The number of amides is 2. The average molecular weight is 420 g/mol. The van der Waals surface area contributed by atoms with E-state index in [1.807, 2.05) is 42.5 Å². The number of fused-ring (bicyclic) bond motifs is 1. The molecule has 1 aliphatic heterocycles. The maximum absolute atomic E-state index is 12.6. The molecule has 4 rings (SSSR count). The van der Waals surface area contributed by atoms with Crippen LogP contribution in [0.2, 0.25) is 0 Å². The lowest BCUT2D eigenvalue weighted by Crippen LogP contribution is -2.32. The van der Waals surface area contributed by atoms with Crippen LogP contribution < -0.4 is 4.74 Å². The average Bonchev–Trinajstić information content (AvgIpc) is 3.01. The van der Waals surface area contributed by atoms with Crippen LogP contribution in [0, 0.1) is 10.1 Å². The molecule has 0 radical (unpaired) electrons. The van der Waals surface area contributed by atoms with Crippen molar-refractivity contribution in [3.63, 3.8) is 0 Å². The molecule has 7 nitrogen and oxygen atoms in total. The van der Waals surface area contributed by atoms with Crippen molar-refractivity contribution in [3.8, 4) is 5.75 Å². The molecule has 0 saturated carbocycles. The molecule has 0 aromatic heterocycles. The van der Waals surface area contributed by atoms with E-state index in [-0.39, 0.29) is 29.0 Å². The monoisotopic (exact) mass is 420 g/mol. The molecule has 0 aliphatic carbocycles. The molecule has 0 unspecified atom stereocenters. The number of benzene rings is 3. The van der Waals surface area contributed by atoms with E-state index in [1.165, 1.54) is 24.3 Å². The normalized spacial score (nSPS) is 15.2. The molecule has 0 atom stereocenters. The van der Waals surface area contributed by atoms with Crippen LogP contribution in [0.15, 0.2) is 71.6 Å². The van der Waals surface area contributed by atoms with Crippen LogP contribution in [-0.4, -0.2) is 34.1 Å². The van der Waals surface area contributed by atoms with E-state index in [4.69, 9.17) is 4.74 Å². The Morgan fingerprint density at radius 1 is 1.00 bits per heavy atom. The predicted molar refractivity (Wildman–Crippen MR) is 115 cm³/mol. The van der Waals surface area contributed by atoms with Gasteiger partial charge in [-0.15, -0.1) is 0 Å². The Bertz CT molecular complexity index is 1170. The van der Waals surface area contributed by atoms with Gasteiger partial charge in [0.1, 0.15) is 12.4 Å². The Morgan fingerprint density at radius 2 is 1.73 bits per heavy atom. The smallest absolute Gasteiger partial charge is 0.293 e. The summed E-state index contributed by atoms with van der Waals surface area (Å²) in [6.07, 6.45) is 1.56. The first-order valence-electron chi connectivity index (χ1n) is 9.13. The zero-order valence-corrected chi connectivity index (χ0v) is 16.5. The largest absolute Gasteiger partial charge is 0.491 e. The molecule has 1 saturated heterocycles. The third-order valence-electron chi connectivity index (χ3n) is 4.60. The van der Waals surface area contributed by atoms with Gasteiger partial charge in [0.25, 0.3) is 16.8 Å². The Morgan fingerprint density at radius 3 is 2.50 bits per heavy atom. The molecule has 1 fully saturated rings. The lowest BCUT2D eigenvalue weighted by molar-refractivity contribution is -0.384. The van der Waals surface area contributed by atoms with E-state index < -0.39 is 10.8 Å². The number of non-ortho nitro benzene ring substituents is 1. The highest BCUT2D eigenvalue weighted by atomic mass is 32.2. The summed E-state index contributed by atoms with van der Waals surface area (Å²) in [6.45, 7) is 0.308. The van der Waals surface area contributed by atoms with Crippen molar-refractivity contribution in [2.45, 2.75) is 0 Å². The molecule has 1 aliphatic rings. The summed E-state index contributed by atoms with van der Waals surface area (Å²) in [5.74, 6) is 0.298. The number of carbonyl (C=O) groups is 2. The van der Waals surface area contributed by atoms with Crippen LogP contribution in [0.5, 0.6) is 5.75 Å². The fourth-order valence-corrected chi connectivity index (χ4v) is 3.97. The van der Waals surface area contributed by atoms with Gasteiger partial charge in [-0.1, -0.05) is 36.4 Å². The lowest BCUT2D eigenvalue weighted by atomic mass is 10.1. The second-order valence-electron chi connectivity index (χ2n) is 6.51. The van der Waals surface area contributed by atoms with E-state index in [0.29, 0.717) is 11.3 Å². The fourth-order valence-electron chi connectivity index (χ4n) is 3.10. The van der Waals surface area contributed by atoms with Crippen LogP contribution in [-0.2, 0) is 4.79 Å². The number of nitro benzene ring substituents is 1. The molecule has 3 aromatic carbocycles. The first-order valence-corrected chi connectivity index (χ1v) is 9.95. The number of hydrogen-bond acceptors (Lipinski definition) is 6. The molecule has 2 amide bonds. The Labute approximate surface area is 176 Å². The Balaban J connectivity index is 1.42. The topological polar surface area (TPSA) is 89.8 Å². The van der Waals surface area contributed by atoms with Gasteiger partial charge in [-0.3, -0.25) is 24.6 Å². The van der Waals surface area contributed by atoms with Crippen LogP contribution in [0.1, 0.15) is 5.56 Å². The van der Waals surface area contributed by atoms with Crippen molar-refractivity contribution in [3.05, 3.63) is 87.3 Å². The van der Waals surface area contributed by atoms with Crippen LogP contribution >= 0.6 is 11.8 Å². The van der Waals surface area contributed by atoms with Crippen molar-refractivity contribution in [2.75, 3.05) is 13.2 Å². The molecular weight excluding hydrogens is 404 g/mol. The number of thioether (sulfide) groups is 1. The summed E-state index contributed by atoms with van der Waals surface area (Å²) in [4.78, 5) is 36.5. The summed E-state index contributed by atoms with van der Waals surface area (Å²) in [7, 11) is 0. The maximum atomic E-state index is 12.6. The Kier molecular flexibility index (Phi) is 5.49. The van der Waals surface area contributed by atoms with Crippen molar-refractivity contribution in [1.82, 2.24) is 4.90 Å². The molecule has 0 bridgehead atoms. The van der Waals surface area contributed by atoms with E-state index in [0.717, 1.165) is 27.4 Å². The zero-order valence-electron chi connectivity index (χ0n) is 15.7. The summed E-state index contributed by atoms with van der Waals surface area (Å²) in [5.41, 5.74) is 0.573. The molecule has 1 heterocycles. The summed E-state index contributed by atoms with van der Waals surface area (Å²) < 4.78 is 5.83. The van der Waals surface area contributed by atoms with Crippen molar-refractivity contribution in [1.29, 1.82) is 0 Å². The predicted octanol–water partition coefficient (Wildman–Crippen LogP) is 4.86. The second kappa shape index (κ2) is 8.38. The lowest BCUT2D eigenvalue weighted by Gasteiger charge is -2.14. The molecule has 0 N–H and O–H groups in total.